The van der Waals surface area contributed by atoms with Crippen LogP contribution in [0.5, 0.6) is 0 Å². The summed E-state index contributed by atoms with van der Waals surface area (Å²) < 4.78 is 1.44. The standard InChI is InChI=1S/C19H14ClN5O2S/c1-11-2-4-13(5-3-11)16-17(27)21-18-22-23-19(25(18)24-16)28-10-15(26)12-6-8-14(20)9-7-12/h2-9H,10H2,1H3,(H,21,22,27). The largest absolute Gasteiger partial charge is 0.293 e. The molecule has 1 N–H and O–H groups in total. The van der Waals surface area contributed by atoms with Gasteiger partial charge in [0, 0.05) is 16.1 Å². The summed E-state index contributed by atoms with van der Waals surface area (Å²) in [5.41, 5.74) is 2.25. The number of nitrogens with zero attached hydrogens (tertiary/aromatic N) is 4. The van der Waals surface area contributed by atoms with Crippen LogP contribution in [-0.2, 0) is 0 Å². The number of thioether (sulfide) groups is 1. The van der Waals surface area contributed by atoms with Crippen molar-refractivity contribution in [1.82, 2.24) is 24.8 Å². The number of hydrogen-bond donors (Lipinski definition) is 1. The van der Waals surface area contributed by atoms with E-state index in [-0.39, 0.29) is 28.6 Å². The number of carbonyl (C=O) groups is 1. The van der Waals surface area contributed by atoms with Crippen molar-refractivity contribution >= 4 is 34.9 Å². The molecule has 0 atom stereocenters. The fraction of sp³-hybridized carbons (Fsp3) is 0.105. The number of nitrogens with one attached hydrogen (secondary N) is 1. The number of carbonyl (C=O) groups excluding carboxylic acids is 1. The quantitative estimate of drug-likeness (QED) is 0.399. The Balaban J connectivity index is 1.62. The maximum Gasteiger partial charge on any atom is 0.279 e. The fourth-order valence-corrected chi connectivity index (χ4v) is 3.48. The fourth-order valence-electron chi connectivity index (χ4n) is 2.58. The Bertz CT molecular complexity index is 1220. The van der Waals surface area contributed by atoms with Crippen LogP contribution in [-0.4, -0.2) is 36.3 Å². The van der Waals surface area contributed by atoms with Gasteiger partial charge in [0.05, 0.1) is 5.75 Å². The number of aromatic amines is 1. The molecule has 0 unspecified atom stereocenters. The molecule has 2 heterocycles. The summed E-state index contributed by atoms with van der Waals surface area (Å²) >= 11 is 7.05. The van der Waals surface area contributed by atoms with Crippen LogP contribution in [0, 0.1) is 6.92 Å². The molecule has 0 bridgehead atoms. The molecule has 0 saturated carbocycles. The minimum atomic E-state index is -0.349. The lowest BCUT2D eigenvalue weighted by atomic mass is 10.1. The highest BCUT2D eigenvalue weighted by Crippen LogP contribution is 2.19. The summed E-state index contributed by atoms with van der Waals surface area (Å²) in [7, 11) is 0. The molecule has 140 valence electrons. The number of aromatic nitrogens is 5. The van der Waals surface area contributed by atoms with Gasteiger partial charge < -0.3 is 0 Å². The van der Waals surface area contributed by atoms with E-state index in [1.165, 1.54) is 16.3 Å². The molecule has 9 heteroatoms. The van der Waals surface area contributed by atoms with Crippen molar-refractivity contribution in [3.63, 3.8) is 0 Å². The molecule has 28 heavy (non-hydrogen) atoms. The maximum absolute atomic E-state index is 12.4. The first-order chi connectivity index (χ1) is 13.5. The summed E-state index contributed by atoms with van der Waals surface area (Å²) in [6, 6.07) is 14.2. The van der Waals surface area contributed by atoms with Crippen molar-refractivity contribution in [1.29, 1.82) is 0 Å². The zero-order valence-electron chi connectivity index (χ0n) is 14.7. The van der Waals surface area contributed by atoms with Crippen LogP contribution >= 0.6 is 23.4 Å². The third kappa shape index (κ3) is 3.69. The number of halogens is 1. The smallest absolute Gasteiger partial charge is 0.279 e. The highest BCUT2D eigenvalue weighted by Gasteiger charge is 2.15. The van der Waals surface area contributed by atoms with Crippen LogP contribution in [0.15, 0.2) is 58.5 Å². The van der Waals surface area contributed by atoms with Gasteiger partial charge in [0.25, 0.3) is 11.3 Å². The topological polar surface area (TPSA) is 93.0 Å². The Hall–Kier alpha value is -2.97. The number of ketones is 1. The number of hydrogen-bond acceptors (Lipinski definition) is 6. The molecule has 2 aromatic carbocycles. The zero-order valence-corrected chi connectivity index (χ0v) is 16.3. The average molecular weight is 412 g/mol. The lowest BCUT2D eigenvalue weighted by Gasteiger charge is -2.03. The second-order valence-corrected chi connectivity index (χ2v) is 7.48. The molecular formula is C19H14ClN5O2S. The van der Waals surface area contributed by atoms with Crippen molar-refractivity contribution < 1.29 is 4.79 Å². The van der Waals surface area contributed by atoms with Crippen molar-refractivity contribution in [2.75, 3.05) is 5.75 Å². The van der Waals surface area contributed by atoms with E-state index >= 15 is 0 Å². The Labute approximate surface area is 168 Å². The minimum absolute atomic E-state index is 0.0680. The van der Waals surface area contributed by atoms with Gasteiger partial charge in [0.15, 0.2) is 11.5 Å². The molecule has 2 aromatic heterocycles. The number of H-pyrrole nitrogens is 1. The van der Waals surface area contributed by atoms with Gasteiger partial charge in [-0.3, -0.25) is 14.6 Å². The van der Waals surface area contributed by atoms with Crippen molar-refractivity contribution in [2.24, 2.45) is 0 Å². The number of fused-ring (bicyclic) bond motifs is 1. The van der Waals surface area contributed by atoms with Gasteiger partial charge in [-0.25, -0.2) is 0 Å². The predicted molar refractivity (Wildman–Crippen MR) is 108 cm³/mol. The molecule has 0 aliphatic carbocycles. The number of aryl methyl sites for hydroxylation is 1. The molecule has 4 rings (SSSR count). The number of Topliss-reactive ketones (excluding diaryl/α,β-unsaturated/α-hetero) is 1. The van der Waals surface area contributed by atoms with Crippen LogP contribution in [0.4, 0.5) is 0 Å². The molecule has 0 aliphatic rings. The Morgan fingerprint density at radius 3 is 2.54 bits per heavy atom. The molecule has 0 spiro atoms. The molecule has 7 nitrogen and oxygen atoms in total. The van der Waals surface area contributed by atoms with E-state index in [1.54, 1.807) is 24.3 Å². The van der Waals surface area contributed by atoms with Gasteiger partial charge >= 0.3 is 0 Å². The second-order valence-electron chi connectivity index (χ2n) is 6.11. The van der Waals surface area contributed by atoms with Crippen LogP contribution in [0.25, 0.3) is 17.0 Å². The van der Waals surface area contributed by atoms with E-state index in [1.807, 2.05) is 31.2 Å². The van der Waals surface area contributed by atoms with Crippen molar-refractivity contribution in [2.45, 2.75) is 12.1 Å². The molecular weight excluding hydrogens is 398 g/mol. The van der Waals surface area contributed by atoms with E-state index in [4.69, 9.17) is 11.6 Å². The molecule has 0 radical (unpaired) electrons. The van der Waals surface area contributed by atoms with Crippen molar-refractivity contribution in [3.8, 4) is 11.3 Å². The van der Waals surface area contributed by atoms with Crippen LogP contribution in [0.3, 0.4) is 0 Å². The lowest BCUT2D eigenvalue weighted by molar-refractivity contribution is 0.102. The highest BCUT2D eigenvalue weighted by molar-refractivity contribution is 7.99. The van der Waals surface area contributed by atoms with Crippen LogP contribution in [0.1, 0.15) is 15.9 Å². The monoisotopic (exact) mass is 411 g/mol. The minimum Gasteiger partial charge on any atom is -0.293 e. The normalized spacial score (nSPS) is 11.1. The summed E-state index contributed by atoms with van der Waals surface area (Å²) in [6.45, 7) is 1.97. The third-order valence-corrected chi connectivity index (χ3v) is 5.25. The van der Waals surface area contributed by atoms with E-state index in [0.717, 1.165) is 5.56 Å². The summed E-state index contributed by atoms with van der Waals surface area (Å²) in [4.78, 5) is 27.4. The Morgan fingerprint density at radius 1 is 1.11 bits per heavy atom. The van der Waals surface area contributed by atoms with Gasteiger partial charge in [0.1, 0.15) is 0 Å². The maximum atomic E-state index is 12.4. The Morgan fingerprint density at radius 2 is 1.82 bits per heavy atom. The molecule has 0 fully saturated rings. The van der Waals surface area contributed by atoms with Gasteiger partial charge in [-0.15, -0.1) is 10.2 Å². The zero-order chi connectivity index (χ0) is 19.7. The summed E-state index contributed by atoms with van der Waals surface area (Å²) in [5.74, 6) is 0.312. The number of benzene rings is 2. The molecule has 0 aliphatic heterocycles. The van der Waals surface area contributed by atoms with E-state index < -0.39 is 0 Å². The van der Waals surface area contributed by atoms with Crippen LogP contribution in [0.2, 0.25) is 5.02 Å². The second kappa shape index (κ2) is 7.57. The molecule has 0 amide bonds. The van der Waals surface area contributed by atoms with E-state index in [0.29, 0.717) is 21.3 Å². The van der Waals surface area contributed by atoms with E-state index in [2.05, 4.69) is 20.3 Å². The van der Waals surface area contributed by atoms with E-state index in [9.17, 15) is 9.59 Å². The molecule has 4 aromatic rings. The van der Waals surface area contributed by atoms with Crippen LogP contribution < -0.4 is 5.56 Å². The summed E-state index contributed by atoms with van der Waals surface area (Å²) in [6.07, 6.45) is 0. The predicted octanol–water partition coefficient (Wildman–Crippen LogP) is 3.42. The third-order valence-electron chi connectivity index (χ3n) is 4.08. The SMILES string of the molecule is Cc1ccc(-c2nn3c(SCC(=O)c4ccc(Cl)cc4)nnc3[nH]c2=O)cc1. The van der Waals surface area contributed by atoms with Gasteiger partial charge in [-0.1, -0.05) is 53.2 Å². The average Bonchev–Trinajstić information content (AvgIpc) is 3.08. The summed E-state index contributed by atoms with van der Waals surface area (Å²) in [5, 5.41) is 13.4. The first-order valence-electron chi connectivity index (χ1n) is 8.35. The van der Waals surface area contributed by atoms with Gasteiger partial charge in [-0.05, 0) is 31.2 Å². The van der Waals surface area contributed by atoms with Gasteiger partial charge in [0.2, 0.25) is 5.16 Å². The highest BCUT2D eigenvalue weighted by atomic mass is 35.5. The Kier molecular flexibility index (Phi) is 4.97. The number of rotatable bonds is 5. The lowest BCUT2D eigenvalue weighted by Crippen LogP contribution is -2.15. The first kappa shape index (κ1) is 18.4. The molecule has 0 saturated heterocycles. The van der Waals surface area contributed by atoms with Gasteiger partial charge in [-0.2, -0.15) is 9.61 Å². The first-order valence-corrected chi connectivity index (χ1v) is 9.72. The van der Waals surface area contributed by atoms with Crippen molar-refractivity contribution in [3.05, 3.63) is 75.0 Å².